The van der Waals surface area contributed by atoms with Crippen LogP contribution in [0.3, 0.4) is 0 Å². The average Bonchev–Trinajstić information content (AvgIpc) is 2.86. The molecule has 1 amide bonds. The van der Waals surface area contributed by atoms with Crippen molar-refractivity contribution in [2.45, 2.75) is 44.4 Å². The summed E-state index contributed by atoms with van der Waals surface area (Å²) < 4.78 is 0. The molecule has 20 heavy (non-hydrogen) atoms. The number of hydrogen-bond donors (Lipinski definition) is 1. The number of hydrogen-bond acceptors (Lipinski definition) is 3. The Labute approximate surface area is 125 Å². The van der Waals surface area contributed by atoms with Crippen LogP contribution in [-0.2, 0) is 4.79 Å². The molecule has 2 heterocycles. The molecule has 0 saturated carbocycles. The molecule has 2 fully saturated rings. The summed E-state index contributed by atoms with van der Waals surface area (Å²) in [6.45, 7) is 2.15. The first-order valence-corrected chi connectivity index (χ1v) is 8.67. The molecule has 3 rings (SSSR count). The maximum absolute atomic E-state index is 12.8. The summed E-state index contributed by atoms with van der Waals surface area (Å²) in [5, 5.41) is 3.52. The van der Waals surface area contributed by atoms with E-state index in [4.69, 9.17) is 0 Å². The van der Waals surface area contributed by atoms with Crippen LogP contribution in [-0.4, -0.2) is 34.5 Å². The topological polar surface area (TPSA) is 32.3 Å². The van der Waals surface area contributed by atoms with Crippen molar-refractivity contribution in [3.63, 3.8) is 0 Å². The van der Waals surface area contributed by atoms with Gasteiger partial charge in [-0.2, -0.15) is 11.8 Å². The third kappa shape index (κ3) is 2.59. The quantitative estimate of drug-likeness (QED) is 0.929. The Morgan fingerprint density at radius 3 is 2.80 bits per heavy atom. The summed E-state index contributed by atoms with van der Waals surface area (Å²) in [6, 6.07) is 10.3. The Bertz CT molecular complexity index is 459. The predicted octanol–water partition coefficient (Wildman–Crippen LogP) is 2.79. The molecule has 1 aromatic carbocycles. The molecule has 2 saturated heterocycles. The second kappa shape index (κ2) is 6.19. The average molecular weight is 290 g/mol. The molecule has 3 atom stereocenters. The summed E-state index contributed by atoms with van der Waals surface area (Å²) in [4.78, 5) is 15.0. The van der Waals surface area contributed by atoms with Crippen molar-refractivity contribution < 1.29 is 4.79 Å². The third-order valence-electron chi connectivity index (χ3n) is 4.25. The lowest BCUT2D eigenvalue weighted by atomic mass is 10.1. The fraction of sp³-hybridized carbons (Fsp3) is 0.562. The second-order valence-corrected chi connectivity index (χ2v) is 6.70. The minimum Gasteiger partial charge on any atom is -0.322 e. The maximum atomic E-state index is 12.8. The molecule has 0 aromatic heterocycles. The molecule has 108 valence electrons. The van der Waals surface area contributed by atoms with E-state index in [0.717, 1.165) is 24.2 Å². The molecular weight excluding hydrogens is 268 g/mol. The van der Waals surface area contributed by atoms with Gasteiger partial charge in [-0.15, -0.1) is 0 Å². The monoisotopic (exact) mass is 290 g/mol. The second-order valence-electron chi connectivity index (χ2n) is 5.55. The van der Waals surface area contributed by atoms with Gasteiger partial charge in [0.05, 0.1) is 6.17 Å². The van der Waals surface area contributed by atoms with Crippen molar-refractivity contribution in [1.29, 1.82) is 0 Å². The van der Waals surface area contributed by atoms with Gasteiger partial charge in [0.2, 0.25) is 5.91 Å². The van der Waals surface area contributed by atoms with Gasteiger partial charge in [-0.3, -0.25) is 10.1 Å². The first-order chi connectivity index (χ1) is 9.81. The van der Waals surface area contributed by atoms with Gasteiger partial charge in [-0.25, -0.2) is 0 Å². The van der Waals surface area contributed by atoms with E-state index in [9.17, 15) is 4.79 Å². The van der Waals surface area contributed by atoms with Gasteiger partial charge in [0.25, 0.3) is 0 Å². The number of amides is 1. The van der Waals surface area contributed by atoms with E-state index in [2.05, 4.69) is 17.1 Å². The van der Waals surface area contributed by atoms with E-state index in [-0.39, 0.29) is 18.1 Å². The largest absolute Gasteiger partial charge is 0.322 e. The number of rotatable bonds is 3. The lowest BCUT2D eigenvalue weighted by Gasteiger charge is -2.34. The third-order valence-corrected chi connectivity index (χ3v) is 5.44. The summed E-state index contributed by atoms with van der Waals surface area (Å²) >= 11 is 1.98. The summed E-state index contributed by atoms with van der Waals surface area (Å²) in [7, 11) is 0. The summed E-state index contributed by atoms with van der Waals surface area (Å²) in [6.07, 6.45) is 3.54. The van der Waals surface area contributed by atoms with E-state index >= 15 is 0 Å². The van der Waals surface area contributed by atoms with E-state index in [0.29, 0.717) is 6.04 Å². The minimum atomic E-state index is -0.159. The predicted molar refractivity (Wildman–Crippen MR) is 83.6 cm³/mol. The Kier molecular flexibility index (Phi) is 4.32. The van der Waals surface area contributed by atoms with E-state index in [1.165, 1.54) is 12.2 Å². The van der Waals surface area contributed by atoms with Crippen molar-refractivity contribution in [3.05, 3.63) is 35.9 Å². The van der Waals surface area contributed by atoms with E-state index < -0.39 is 0 Å². The summed E-state index contributed by atoms with van der Waals surface area (Å²) in [5.41, 5.74) is 1.09. The van der Waals surface area contributed by atoms with Gasteiger partial charge in [0, 0.05) is 11.8 Å². The van der Waals surface area contributed by atoms with Crippen LogP contribution in [0.25, 0.3) is 0 Å². The summed E-state index contributed by atoms with van der Waals surface area (Å²) in [5.74, 6) is 2.59. The fourth-order valence-electron chi connectivity index (χ4n) is 3.22. The number of benzene rings is 1. The number of carbonyl (C=O) groups excluding carboxylic acids is 1. The number of thioether (sulfide) groups is 1. The van der Waals surface area contributed by atoms with Crippen LogP contribution in [0.1, 0.15) is 37.8 Å². The van der Waals surface area contributed by atoms with Crippen molar-refractivity contribution in [2.75, 3.05) is 11.5 Å². The zero-order valence-corrected chi connectivity index (χ0v) is 12.7. The van der Waals surface area contributed by atoms with Crippen LogP contribution in [0, 0.1) is 0 Å². The SMILES string of the molecule is CCC1NC(c2ccccc2)C(=O)N1C1CCCSC1. The zero-order valence-electron chi connectivity index (χ0n) is 11.9. The van der Waals surface area contributed by atoms with Crippen LogP contribution in [0.4, 0.5) is 0 Å². The smallest absolute Gasteiger partial charge is 0.245 e. The lowest BCUT2D eigenvalue weighted by Crippen LogP contribution is -2.46. The van der Waals surface area contributed by atoms with Crippen LogP contribution in [0.2, 0.25) is 0 Å². The van der Waals surface area contributed by atoms with Crippen molar-refractivity contribution in [3.8, 4) is 0 Å². The van der Waals surface area contributed by atoms with Crippen LogP contribution < -0.4 is 5.32 Å². The number of carbonyl (C=O) groups is 1. The zero-order chi connectivity index (χ0) is 13.9. The van der Waals surface area contributed by atoms with Gasteiger partial charge in [-0.05, 0) is 30.6 Å². The highest BCUT2D eigenvalue weighted by molar-refractivity contribution is 7.99. The highest BCUT2D eigenvalue weighted by Gasteiger charge is 2.42. The Morgan fingerprint density at radius 1 is 1.35 bits per heavy atom. The molecule has 0 aliphatic carbocycles. The van der Waals surface area contributed by atoms with Crippen molar-refractivity contribution >= 4 is 17.7 Å². The van der Waals surface area contributed by atoms with Gasteiger partial charge in [0.15, 0.2) is 0 Å². The van der Waals surface area contributed by atoms with Gasteiger partial charge >= 0.3 is 0 Å². The van der Waals surface area contributed by atoms with Crippen LogP contribution >= 0.6 is 11.8 Å². The molecule has 4 heteroatoms. The van der Waals surface area contributed by atoms with Gasteiger partial charge < -0.3 is 4.90 Å². The molecule has 0 bridgehead atoms. The number of nitrogens with zero attached hydrogens (tertiary/aromatic N) is 1. The molecule has 3 nitrogen and oxygen atoms in total. The molecular formula is C16H22N2OS. The Hall–Kier alpha value is -1.00. The van der Waals surface area contributed by atoms with Crippen LogP contribution in [0.15, 0.2) is 30.3 Å². The van der Waals surface area contributed by atoms with Crippen LogP contribution in [0.5, 0.6) is 0 Å². The highest BCUT2D eigenvalue weighted by Crippen LogP contribution is 2.31. The standard InChI is InChI=1S/C16H22N2OS/c1-2-14-17-15(12-7-4-3-5-8-12)16(19)18(14)13-9-6-10-20-11-13/h3-5,7-8,13-15,17H,2,6,9-11H2,1H3. The molecule has 0 spiro atoms. The lowest BCUT2D eigenvalue weighted by molar-refractivity contribution is -0.132. The maximum Gasteiger partial charge on any atom is 0.245 e. The first kappa shape index (κ1) is 14.0. The molecule has 3 unspecified atom stereocenters. The Balaban J connectivity index is 1.81. The van der Waals surface area contributed by atoms with E-state index in [1.807, 2.05) is 42.1 Å². The Morgan fingerprint density at radius 2 is 2.15 bits per heavy atom. The van der Waals surface area contributed by atoms with Gasteiger partial charge in [0.1, 0.15) is 6.04 Å². The van der Waals surface area contributed by atoms with Crippen molar-refractivity contribution in [1.82, 2.24) is 10.2 Å². The minimum absolute atomic E-state index is 0.159. The number of nitrogens with one attached hydrogen (secondary N) is 1. The first-order valence-electron chi connectivity index (χ1n) is 7.52. The normalized spacial score (nSPS) is 30.8. The molecule has 1 N–H and O–H groups in total. The highest BCUT2D eigenvalue weighted by atomic mass is 32.2. The molecule has 0 radical (unpaired) electrons. The molecule has 2 aliphatic heterocycles. The van der Waals surface area contributed by atoms with E-state index in [1.54, 1.807) is 0 Å². The molecule has 2 aliphatic rings. The fourth-order valence-corrected chi connectivity index (χ4v) is 4.36. The van der Waals surface area contributed by atoms with Crippen molar-refractivity contribution in [2.24, 2.45) is 0 Å². The molecule has 1 aromatic rings. The van der Waals surface area contributed by atoms with Gasteiger partial charge in [-0.1, -0.05) is 37.3 Å².